The molecule has 1 aromatic rings. The zero-order valence-corrected chi connectivity index (χ0v) is 14.3. The van der Waals surface area contributed by atoms with Crippen molar-refractivity contribution in [2.45, 2.75) is 18.9 Å². The summed E-state index contributed by atoms with van der Waals surface area (Å²) < 4.78 is 1.09. The molecule has 0 bridgehead atoms. The Hall–Kier alpha value is -0.230. The number of nitrogens with one attached hydrogen (secondary N) is 1. The average Bonchev–Trinajstić information content (AvgIpc) is 2.82. The fourth-order valence-corrected chi connectivity index (χ4v) is 4.06. The van der Waals surface area contributed by atoms with Gasteiger partial charge in [-0.1, -0.05) is 15.9 Å². The molecular weight excluding hydrogens is 360 g/mol. The van der Waals surface area contributed by atoms with Gasteiger partial charge in [0.25, 0.3) is 0 Å². The van der Waals surface area contributed by atoms with Crippen molar-refractivity contribution in [2.24, 2.45) is 0 Å². The van der Waals surface area contributed by atoms with Gasteiger partial charge in [-0.3, -0.25) is 4.79 Å². The Kier molecular flexibility index (Phi) is 5.78. The number of nitrogens with zero attached hydrogens (tertiary/aromatic N) is 1. The summed E-state index contributed by atoms with van der Waals surface area (Å²) >= 11 is 5.42. The number of benzene rings is 1. The molecule has 2 aliphatic rings. The first kappa shape index (κ1) is 16.1. The third kappa shape index (κ3) is 3.50. The van der Waals surface area contributed by atoms with E-state index in [0.717, 1.165) is 41.2 Å². The molecule has 6 heteroatoms. The highest BCUT2D eigenvalue weighted by Gasteiger charge is 2.27. The van der Waals surface area contributed by atoms with Gasteiger partial charge in [-0.2, -0.15) is 11.8 Å². The van der Waals surface area contributed by atoms with Crippen LogP contribution in [-0.4, -0.2) is 36.5 Å². The maximum absolute atomic E-state index is 12.4. The summed E-state index contributed by atoms with van der Waals surface area (Å²) in [6.07, 6.45) is 1.58. The monoisotopic (exact) mass is 376 g/mol. The van der Waals surface area contributed by atoms with Crippen LogP contribution in [0.25, 0.3) is 0 Å². The molecule has 2 heterocycles. The molecule has 2 aliphatic heterocycles. The number of fused-ring (bicyclic) bond motifs is 1. The van der Waals surface area contributed by atoms with Crippen LogP contribution in [0.3, 0.4) is 0 Å². The van der Waals surface area contributed by atoms with Gasteiger partial charge in [-0.05, 0) is 30.2 Å². The van der Waals surface area contributed by atoms with E-state index in [1.807, 2.05) is 28.8 Å². The predicted octanol–water partition coefficient (Wildman–Crippen LogP) is 2.86. The van der Waals surface area contributed by atoms with Crippen LogP contribution in [0.1, 0.15) is 12.0 Å². The van der Waals surface area contributed by atoms with Gasteiger partial charge in [-0.25, -0.2) is 0 Å². The molecule has 1 N–H and O–H groups in total. The molecule has 0 aliphatic carbocycles. The topological polar surface area (TPSA) is 32.3 Å². The van der Waals surface area contributed by atoms with Crippen LogP contribution in [-0.2, 0) is 11.2 Å². The van der Waals surface area contributed by atoms with E-state index in [9.17, 15) is 4.79 Å². The number of thioether (sulfide) groups is 1. The van der Waals surface area contributed by atoms with E-state index in [2.05, 4.69) is 27.3 Å². The summed E-state index contributed by atoms with van der Waals surface area (Å²) in [6, 6.07) is 6.52. The Balaban J connectivity index is 0.00000147. The Morgan fingerprint density at radius 1 is 1.50 bits per heavy atom. The predicted molar refractivity (Wildman–Crippen MR) is 91.2 cm³/mol. The number of halogens is 2. The lowest BCUT2D eigenvalue weighted by Gasteiger charge is -2.25. The van der Waals surface area contributed by atoms with Crippen LogP contribution >= 0.6 is 40.1 Å². The van der Waals surface area contributed by atoms with Gasteiger partial charge in [0.15, 0.2) is 0 Å². The maximum atomic E-state index is 12.4. The number of anilines is 1. The molecule has 20 heavy (non-hydrogen) atoms. The fourth-order valence-electron chi connectivity index (χ4n) is 2.70. The number of carbonyl (C=O) groups is 1. The quantitative estimate of drug-likeness (QED) is 0.860. The van der Waals surface area contributed by atoms with E-state index in [4.69, 9.17) is 0 Å². The normalized spacial score (nSPS) is 21.2. The van der Waals surface area contributed by atoms with Gasteiger partial charge < -0.3 is 10.2 Å². The van der Waals surface area contributed by atoms with Gasteiger partial charge in [0.1, 0.15) is 0 Å². The molecular formula is C14H18BrClN2OS. The lowest BCUT2D eigenvalue weighted by molar-refractivity contribution is -0.118. The summed E-state index contributed by atoms with van der Waals surface area (Å²) in [4.78, 5) is 14.4. The lowest BCUT2D eigenvalue weighted by atomic mass is 10.1. The van der Waals surface area contributed by atoms with E-state index in [1.165, 1.54) is 5.56 Å². The summed E-state index contributed by atoms with van der Waals surface area (Å²) in [5, 5.41) is 3.43. The van der Waals surface area contributed by atoms with Crippen molar-refractivity contribution in [3.63, 3.8) is 0 Å². The second-order valence-corrected chi connectivity index (χ2v) is 7.06. The molecule has 1 aromatic carbocycles. The molecule has 3 nitrogen and oxygen atoms in total. The number of hydrogen-bond donors (Lipinski definition) is 1. The number of hydrogen-bond acceptors (Lipinski definition) is 3. The smallest absolute Gasteiger partial charge is 0.228 e. The van der Waals surface area contributed by atoms with E-state index in [1.54, 1.807) is 0 Å². The highest BCUT2D eigenvalue weighted by molar-refractivity contribution is 9.10. The Labute approximate surface area is 138 Å². The van der Waals surface area contributed by atoms with E-state index >= 15 is 0 Å². The highest BCUT2D eigenvalue weighted by atomic mass is 79.9. The van der Waals surface area contributed by atoms with Gasteiger partial charge in [-0.15, -0.1) is 12.4 Å². The van der Waals surface area contributed by atoms with Crippen molar-refractivity contribution in [1.29, 1.82) is 0 Å². The SMILES string of the molecule is Cl.O=C(CC1CSCCN1)N1CCc2cc(Br)ccc21. The number of carbonyl (C=O) groups excluding carboxylic acids is 1. The minimum Gasteiger partial charge on any atom is -0.312 e. The van der Waals surface area contributed by atoms with Crippen molar-refractivity contribution < 1.29 is 4.79 Å². The third-order valence-electron chi connectivity index (χ3n) is 3.66. The zero-order chi connectivity index (χ0) is 13.2. The van der Waals surface area contributed by atoms with Crippen molar-refractivity contribution in [3.05, 3.63) is 28.2 Å². The number of rotatable bonds is 2. The first-order chi connectivity index (χ1) is 9.24. The van der Waals surface area contributed by atoms with E-state index < -0.39 is 0 Å². The first-order valence-corrected chi connectivity index (χ1v) is 8.59. The minimum absolute atomic E-state index is 0. The molecule has 0 saturated carbocycles. The summed E-state index contributed by atoms with van der Waals surface area (Å²) in [7, 11) is 0. The molecule has 1 atom stereocenters. The van der Waals surface area contributed by atoms with Crippen LogP contribution in [0.15, 0.2) is 22.7 Å². The second-order valence-electron chi connectivity index (χ2n) is 5.00. The largest absolute Gasteiger partial charge is 0.312 e. The molecule has 0 radical (unpaired) electrons. The fraction of sp³-hybridized carbons (Fsp3) is 0.500. The van der Waals surface area contributed by atoms with Crippen LogP contribution in [0, 0.1) is 0 Å². The molecule has 1 saturated heterocycles. The Bertz CT molecular complexity index is 494. The summed E-state index contributed by atoms with van der Waals surface area (Å²) in [5.41, 5.74) is 2.37. The van der Waals surface area contributed by atoms with Crippen molar-refractivity contribution in [3.8, 4) is 0 Å². The van der Waals surface area contributed by atoms with Crippen LogP contribution < -0.4 is 10.2 Å². The molecule has 1 unspecified atom stereocenters. The Morgan fingerprint density at radius 2 is 2.35 bits per heavy atom. The van der Waals surface area contributed by atoms with Crippen molar-refractivity contribution in [2.75, 3.05) is 29.5 Å². The van der Waals surface area contributed by atoms with Crippen LogP contribution in [0.5, 0.6) is 0 Å². The lowest BCUT2D eigenvalue weighted by Crippen LogP contribution is -2.42. The third-order valence-corrected chi connectivity index (χ3v) is 5.28. The molecule has 110 valence electrons. The summed E-state index contributed by atoms with van der Waals surface area (Å²) in [5.74, 6) is 2.46. The summed E-state index contributed by atoms with van der Waals surface area (Å²) in [6.45, 7) is 1.84. The zero-order valence-electron chi connectivity index (χ0n) is 11.1. The van der Waals surface area contributed by atoms with Gasteiger partial charge in [0.05, 0.1) is 0 Å². The van der Waals surface area contributed by atoms with Crippen molar-refractivity contribution >= 4 is 51.7 Å². The molecule has 0 spiro atoms. The molecule has 3 rings (SSSR count). The van der Waals surface area contributed by atoms with E-state index in [0.29, 0.717) is 12.5 Å². The van der Waals surface area contributed by atoms with Crippen LogP contribution in [0.2, 0.25) is 0 Å². The van der Waals surface area contributed by atoms with Crippen LogP contribution in [0.4, 0.5) is 5.69 Å². The first-order valence-electron chi connectivity index (χ1n) is 6.64. The standard InChI is InChI=1S/C14H17BrN2OS.ClH/c15-11-1-2-13-10(7-11)3-5-17(13)14(18)8-12-9-19-6-4-16-12;/h1-2,7,12,16H,3-6,8-9H2;1H. The van der Waals surface area contributed by atoms with Crippen molar-refractivity contribution in [1.82, 2.24) is 5.32 Å². The van der Waals surface area contributed by atoms with Gasteiger partial charge in [0, 0.05) is 47.2 Å². The van der Waals surface area contributed by atoms with Gasteiger partial charge in [0.2, 0.25) is 5.91 Å². The second kappa shape index (κ2) is 7.16. The maximum Gasteiger partial charge on any atom is 0.228 e. The minimum atomic E-state index is 0. The molecule has 1 fully saturated rings. The number of amides is 1. The van der Waals surface area contributed by atoms with Gasteiger partial charge >= 0.3 is 0 Å². The molecule has 1 amide bonds. The Morgan fingerprint density at radius 3 is 3.10 bits per heavy atom. The highest BCUT2D eigenvalue weighted by Crippen LogP contribution is 2.31. The average molecular weight is 378 g/mol. The van der Waals surface area contributed by atoms with E-state index in [-0.39, 0.29) is 18.3 Å². The molecule has 0 aromatic heterocycles.